The van der Waals surface area contributed by atoms with E-state index in [0.717, 1.165) is 5.33 Å². The van der Waals surface area contributed by atoms with Crippen molar-refractivity contribution in [3.05, 3.63) is 90.5 Å². The highest BCUT2D eigenvalue weighted by Crippen LogP contribution is 2.52. The fraction of sp³-hybridized carbons (Fsp3) is 0.100. The van der Waals surface area contributed by atoms with E-state index in [4.69, 9.17) is 0 Å². The van der Waals surface area contributed by atoms with E-state index in [9.17, 15) is 0 Å². The molecule has 0 atom stereocenters. The standard InChI is InChI=1S/C20H19BrP/c1-22(18-11-4-2-5-12-18,19-13-6-3-7-14-19)20-15-9-8-10-17(20)16-21/h2-15H,16H2,1H3/q+1. The summed E-state index contributed by atoms with van der Waals surface area (Å²) in [6.45, 7) is 2.43. The van der Waals surface area contributed by atoms with Gasteiger partial charge in [0.15, 0.2) is 0 Å². The summed E-state index contributed by atoms with van der Waals surface area (Å²) in [6.07, 6.45) is 0. The molecular formula is C20H19BrP+. The molecule has 2 heteroatoms. The minimum atomic E-state index is -1.61. The summed E-state index contributed by atoms with van der Waals surface area (Å²) >= 11 is 3.66. The molecule has 0 unspecified atom stereocenters. The van der Waals surface area contributed by atoms with E-state index in [1.54, 1.807) is 0 Å². The minimum Gasteiger partial charge on any atom is -0.0875 e. The monoisotopic (exact) mass is 369 g/mol. The van der Waals surface area contributed by atoms with Crippen molar-refractivity contribution in [1.82, 2.24) is 0 Å². The molecule has 3 aromatic carbocycles. The number of hydrogen-bond donors (Lipinski definition) is 0. The van der Waals surface area contributed by atoms with Crippen molar-refractivity contribution < 1.29 is 0 Å². The summed E-state index contributed by atoms with van der Waals surface area (Å²) in [6, 6.07) is 30.7. The van der Waals surface area contributed by atoms with E-state index in [1.165, 1.54) is 21.5 Å². The quantitative estimate of drug-likeness (QED) is 0.469. The van der Waals surface area contributed by atoms with Crippen LogP contribution in [0, 0.1) is 0 Å². The van der Waals surface area contributed by atoms with Crippen molar-refractivity contribution in [2.24, 2.45) is 0 Å². The third-order valence-corrected chi connectivity index (χ3v) is 8.83. The fourth-order valence-corrected chi connectivity index (χ4v) is 7.15. The molecule has 0 fully saturated rings. The van der Waals surface area contributed by atoms with Crippen LogP contribution in [0.2, 0.25) is 0 Å². The Balaban J connectivity index is 2.29. The number of alkyl halides is 1. The molecule has 0 aliphatic heterocycles. The molecule has 0 heterocycles. The molecule has 0 radical (unpaired) electrons. The van der Waals surface area contributed by atoms with Gasteiger partial charge in [-0.15, -0.1) is 0 Å². The number of benzene rings is 3. The van der Waals surface area contributed by atoms with Crippen LogP contribution in [0.3, 0.4) is 0 Å². The van der Waals surface area contributed by atoms with E-state index in [-0.39, 0.29) is 0 Å². The zero-order chi connectivity index (χ0) is 15.4. The van der Waals surface area contributed by atoms with E-state index in [0.29, 0.717) is 0 Å². The molecule has 0 saturated carbocycles. The smallest absolute Gasteiger partial charge is 0.0875 e. The Morgan fingerprint density at radius 3 is 1.64 bits per heavy atom. The first-order valence-corrected chi connectivity index (χ1v) is 10.7. The number of rotatable bonds is 4. The highest BCUT2D eigenvalue weighted by Gasteiger charge is 2.41. The van der Waals surface area contributed by atoms with Gasteiger partial charge in [0.05, 0.1) is 6.66 Å². The average molecular weight is 370 g/mol. The molecule has 0 aliphatic rings. The van der Waals surface area contributed by atoms with Crippen LogP contribution in [0.25, 0.3) is 0 Å². The second-order valence-electron chi connectivity index (χ2n) is 5.44. The topological polar surface area (TPSA) is 0 Å². The van der Waals surface area contributed by atoms with Gasteiger partial charge in [0.1, 0.15) is 23.2 Å². The first kappa shape index (κ1) is 15.5. The van der Waals surface area contributed by atoms with Crippen molar-refractivity contribution in [3.8, 4) is 0 Å². The van der Waals surface area contributed by atoms with Crippen LogP contribution >= 0.6 is 23.2 Å². The van der Waals surface area contributed by atoms with Crippen LogP contribution in [0.5, 0.6) is 0 Å². The summed E-state index contributed by atoms with van der Waals surface area (Å²) in [5, 5.41) is 5.20. The molecular weight excluding hydrogens is 351 g/mol. The van der Waals surface area contributed by atoms with Crippen molar-refractivity contribution in [3.63, 3.8) is 0 Å². The zero-order valence-corrected chi connectivity index (χ0v) is 15.1. The lowest BCUT2D eigenvalue weighted by molar-refractivity contribution is 1.47. The molecule has 22 heavy (non-hydrogen) atoms. The van der Waals surface area contributed by atoms with Gasteiger partial charge in [-0.3, -0.25) is 0 Å². The lowest BCUT2D eigenvalue weighted by atomic mass is 10.2. The Kier molecular flexibility index (Phi) is 4.76. The molecule has 0 amide bonds. The minimum absolute atomic E-state index is 0.887. The first-order chi connectivity index (χ1) is 10.8. The van der Waals surface area contributed by atoms with Crippen LogP contribution in [-0.2, 0) is 5.33 Å². The molecule has 3 rings (SSSR count). The maximum Gasteiger partial charge on any atom is 0.109 e. The Labute approximate surface area is 141 Å². The second kappa shape index (κ2) is 6.77. The summed E-state index contributed by atoms with van der Waals surface area (Å²) in [7, 11) is -1.61. The maximum atomic E-state index is 3.66. The SMILES string of the molecule is C[P+](c1ccccc1)(c1ccccc1)c1ccccc1CBr. The van der Waals surface area contributed by atoms with E-state index < -0.39 is 7.26 Å². The predicted molar refractivity (Wildman–Crippen MR) is 104 cm³/mol. The molecule has 0 saturated heterocycles. The molecule has 0 bridgehead atoms. The third-order valence-electron chi connectivity index (χ3n) is 4.16. The van der Waals surface area contributed by atoms with Crippen molar-refractivity contribution in [2.75, 3.05) is 6.66 Å². The predicted octanol–water partition coefficient (Wildman–Crippen LogP) is 4.51. The van der Waals surface area contributed by atoms with Crippen LogP contribution < -0.4 is 15.9 Å². The van der Waals surface area contributed by atoms with E-state index in [1.807, 2.05) is 0 Å². The van der Waals surface area contributed by atoms with Crippen LogP contribution in [-0.4, -0.2) is 6.66 Å². The molecule has 110 valence electrons. The van der Waals surface area contributed by atoms with Gasteiger partial charge in [0.25, 0.3) is 0 Å². The van der Waals surface area contributed by atoms with E-state index in [2.05, 4.69) is 108 Å². The van der Waals surface area contributed by atoms with Crippen molar-refractivity contribution in [2.45, 2.75) is 5.33 Å². The third kappa shape index (κ3) is 2.76. The van der Waals surface area contributed by atoms with E-state index >= 15 is 0 Å². The summed E-state index contributed by atoms with van der Waals surface area (Å²) in [4.78, 5) is 0. The lowest BCUT2D eigenvalue weighted by Gasteiger charge is -2.25. The Morgan fingerprint density at radius 2 is 1.14 bits per heavy atom. The Morgan fingerprint density at radius 1 is 0.682 bits per heavy atom. The number of halogens is 1. The van der Waals surface area contributed by atoms with Gasteiger partial charge in [0, 0.05) is 10.9 Å². The maximum absolute atomic E-state index is 3.66. The van der Waals surface area contributed by atoms with Gasteiger partial charge >= 0.3 is 0 Å². The summed E-state index contributed by atoms with van der Waals surface area (Å²) in [5.74, 6) is 0. The first-order valence-electron chi connectivity index (χ1n) is 7.39. The summed E-state index contributed by atoms with van der Waals surface area (Å²) < 4.78 is 0. The zero-order valence-electron chi connectivity index (χ0n) is 12.6. The molecule has 0 aromatic heterocycles. The van der Waals surface area contributed by atoms with Crippen LogP contribution in [0.4, 0.5) is 0 Å². The highest BCUT2D eigenvalue weighted by molar-refractivity contribution is 9.08. The van der Waals surface area contributed by atoms with Crippen LogP contribution in [0.15, 0.2) is 84.9 Å². The largest absolute Gasteiger partial charge is 0.109 e. The number of hydrogen-bond acceptors (Lipinski definition) is 0. The Hall–Kier alpha value is -1.43. The second-order valence-corrected chi connectivity index (χ2v) is 9.53. The lowest BCUT2D eigenvalue weighted by Crippen LogP contribution is -2.31. The van der Waals surface area contributed by atoms with Gasteiger partial charge in [0.2, 0.25) is 0 Å². The normalized spacial score (nSPS) is 11.4. The van der Waals surface area contributed by atoms with Gasteiger partial charge in [-0.05, 0) is 30.3 Å². The van der Waals surface area contributed by atoms with Crippen molar-refractivity contribution in [1.29, 1.82) is 0 Å². The van der Waals surface area contributed by atoms with Gasteiger partial charge in [-0.25, -0.2) is 0 Å². The fourth-order valence-electron chi connectivity index (χ4n) is 2.94. The molecule has 0 spiro atoms. The molecule has 0 nitrogen and oxygen atoms in total. The van der Waals surface area contributed by atoms with Gasteiger partial charge < -0.3 is 0 Å². The van der Waals surface area contributed by atoms with Crippen LogP contribution in [0.1, 0.15) is 5.56 Å². The molecule has 0 aliphatic carbocycles. The highest BCUT2D eigenvalue weighted by atomic mass is 79.9. The average Bonchev–Trinajstić information content (AvgIpc) is 2.62. The van der Waals surface area contributed by atoms with Gasteiger partial charge in [-0.2, -0.15) is 0 Å². The summed E-state index contributed by atoms with van der Waals surface area (Å²) in [5.41, 5.74) is 1.38. The Bertz CT molecular complexity index is 698. The van der Waals surface area contributed by atoms with Gasteiger partial charge in [-0.1, -0.05) is 70.5 Å². The molecule has 0 N–H and O–H groups in total. The molecule has 3 aromatic rings. The van der Waals surface area contributed by atoms with Crippen molar-refractivity contribution >= 4 is 39.1 Å².